The molecule has 0 saturated carbocycles. The van der Waals surface area contributed by atoms with Crippen molar-refractivity contribution >= 4 is 12.1 Å². The van der Waals surface area contributed by atoms with E-state index in [-0.39, 0.29) is 61.9 Å². The van der Waals surface area contributed by atoms with Crippen molar-refractivity contribution in [3.63, 3.8) is 0 Å². The molecule has 10 heteroatoms. The number of hydrogen-bond donors (Lipinski definition) is 4. The van der Waals surface area contributed by atoms with Crippen LogP contribution in [0.15, 0.2) is 48.3 Å². The number of aromatic nitrogens is 1. The van der Waals surface area contributed by atoms with E-state index in [9.17, 15) is 24.9 Å². The Kier molecular flexibility index (Phi) is 14.0. The molecule has 2 aliphatic rings. The molecule has 4 N–H and O–H groups in total. The van der Waals surface area contributed by atoms with Gasteiger partial charge in [-0.3, -0.25) is 9.78 Å². The van der Waals surface area contributed by atoms with Gasteiger partial charge in [0.05, 0.1) is 36.4 Å². The number of carbonyl (C=O) groups excluding carboxylic acids is 2. The molecule has 0 spiro atoms. The van der Waals surface area contributed by atoms with Gasteiger partial charge in [-0.1, -0.05) is 52.0 Å². The molecule has 0 radical (unpaired) electrons. The first-order chi connectivity index (χ1) is 21.3. The van der Waals surface area contributed by atoms with Gasteiger partial charge in [0.2, 0.25) is 0 Å². The summed E-state index contributed by atoms with van der Waals surface area (Å²) in [5.41, 5.74) is 0.258. The topological polar surface area (TPSA) is 151 Å². The number of nitrogens with one attached hydrogen (secondary N) is 1. The summed E-state index contributed by atoms with van der Waals surface area (Å²) in [6, 6.07) is 3.62. The van der Waals surface area contributed by atoms with E-state index >= 15 is 0 Å². The summed E-state index contributed by atoms with van der Waals surface area (Å²) in [4.78, 5) is 29.6. The van der Waals surface area contributed by atoms with Gasteiger partial charge in [-0.2, -0.15) is 0 Å². The lowest BCUT2D eigenvalue weighted by Crippen LogP contribution is -2.45. The van der Waals surface area contributed by atoms with Crippen molar-refractivity contribution < 1.29 is 39.1 Å². The van der Waals surface area contributed by atoms with E-state index in [0.717, 1.165) is 17.6 Å². The summed E-state index contributed by atoms with van der Waals surface area (Å²) in [7, 11) is 0. The van der Waals surface area contributed by atoms with E-state index < -0.39 is 36.0 Å². The van der Waals surface area contributed by atoms with Crippen LogP contribution >= 0.6 is 0 Å². The van der Waals surface area contributed by atoms with E-state index in [1.54, 1.807) is 25.4 Å². The van der Waals surface area contributed by atoms with Gasteiger partial charge in [0, 0.05) is 24.9 Å². The molecule has 2 saturated heterocycles. The number of aliphatic hydroxyl groups excluding tert-OH is 2. The summed E-state index contributed by atoms with van der Waals surface area (Å²) in [6.45, 7) is 11.8. The Hall–Kier alpha value is -2.79. The second-order valence-corrected chi connectivity index (χ2v) is 13.3. The predicted molar refractivity (Wildman–Crippen MR) is 171 cm³/mol. The smallest absolute Gasteiger partial charge is 0.407 e. The van der Waals surface area contributed by atoms with E-state index in [2.05, 4.69) is 23.3 Å². The van der Waals surface area contributed by atoms with E-state index in [4.69, 9.17) is 14.2 Å². The Balaban J connectivity index is 1.64. The number of pyridine rings is 1. The van der Waals surface area contributed by atoms with Crippen LogP contribution in [0.1, 0.15) is 92.1 Å². The maximum Gasteiger partial charge on any atom is 0.407 e. The van der Waals surface area contributed by atoms with Gasteiger partial charge in [-0.25, -0.2) is 4.79 Å². The molecule has 3 heterocycles. The molecule has 1 aromatic rings. The first-order valence-electron chi connectivity index (χ1n) is 16.4. The minimum absolute atomic E-state index is 0.0979. The van der Waals surface area contributed by atoms with Crippen LogP contribution in [-0.4, -0.2) is 74.6 Å². The molecule has 10 atom stereocenters. The lowest BCUT2D eigenvalue weighted by Gasteiger charge is -2.35. The molecule has 3 rings (SSSR count). The highest BCUT2D eigenvalue weighted by Gasteiger charge is 2.45. The van der Waals surface area contributed by atoms with Gasteiger partial charge in [0.25, 0.3) is 0 Å². The highest BCUT2D eigenvalue weighted by atomic mass is 16.6. The number of amides is 1. The van der Waals surface area contributed by atoms with Crippen LogP contribution in [0.4, 0.5) is 4.79 Å². The zero-order valence-corrected chi connectivity index (χ0v) is 27.7. The summed E-state index contributed by atoms with van der Waals surface area (Å²) in [5.74, 6) is -0.275. The van der Waals surface area contributed by atoms with Gasteiger partial charge in [0.1, 0.15) is 12.2 Å². The number of nitrogens with zero attached hydrogens (tertiary/aromatic N) is 1. The summed E-state index contributed by atoms with van der Waals surface area (Å²) in [6.07, 6.45) is 8.70. The molecule has 2 aliphatic heterocycles. The number of allylic oxidation sites excluding steroid dienone is 3. The molecular formula is C35H54N2O8. The monoisotopic (exact) mass is 630 g/mol. The molecule has 1 amide bonds. The normalized spacial score (nSPS) is 32.0. The van der Waals surface area contributed by atoms with Crippen LogP contribution in [0.2, 0.25) is 0 Å². The number of epoxide rings is 1. The Morgan fingerprint density at radius 3 is 2.73 bits per heavy atom. The van der Waals surface area contributed by atoms with Gasteiger partial charge >= 0.3 is 12.1 Å². The van der Waals surface area contributed by atoms with Gasteiger partial charge in [-0.05, 0) is 81.4 Å². The third kappa shape index (κ3) is 11.8. The zero-order valence-electron chi connectivity index (χ0n) is 27.7. The zero-order chi connectivity index (χ0) is 33.1. The molecule has 45 heavy (non-hydrogen) atoms. The van der Waals surface area contributed by atoms with Crippen molar-refractivity contribution in [2.24, 2.45) is 17.8 Å². The lowest BCUT2D eigenvalue weighted by atomic mass is 9.85. The summed E-state index contributed by atoms with van der Waals surface area (Å²) >= 11 is 0. The molecule has 0 bridgehead atoms. The van der Waals surface area contributed by atoms with Crippen molar-refractivity contribution in [3.8, 4) is 0 Å². The maximum absolute atomic E-state index is 12.8. The third-order valence-electron chi connectivity index (χ3n) is 9.16. The summed E-state index contributed by atoms with van der Waals surface area (Å²) < 4.78 is 17.5. The number of alkyl carbamates (subject to hydrolysis) is 1. The van der Waals surface area contributed by atoms with E-state index in [0.29, 0.717) is 19.3 Å². The number of cyclic esters (lactones) is 1. The second kappa shape index (κ2) is 17.2. The molecule has 1 aromatic heterocycles. The van der Waals surface area contributed by atoms with Crippen LogP contribution < -0.4 is 5.32 Å². The Labute approximate surface area is 268 Å². The Morgan fingerprint density at radius 2 is 2.04 bits per heavy atom. The van der Waals surface area contributed by atoms with Crippen LogP contribution in [0, 0.1) is 17.8 Å². The number of carbonyl (C=O) groups is 2. The fraction of sp³-hybridized carbons (Fsp3) is 0.686. The number of esters is 1. The average molecular weight is 631 g/mol. The molecule has 252 valence electrons. The molecule has 2 fully saturated rings. The second-order valence-electron chi connectivity index (χ2n) is 13.3. The van der Waals surface area contributed by atoms with Gasteiger partial charge in [0.15, 0.2) is 0 Å². The van der Waals surface area contributed by atoms with Crippen molar-refractivity contribution in [3.05, 3.63) is 53.9 Å². The highest BCUT2D eigenvalue weighted by Crippen LogP contribution is 2.36. The number of hydrogen-bond acceptors (Lipinski definition) is 9. The quantitative estimate of drug-likeness (QED) is 0.150. The van der Waals surface area contributed by atoms with Crippen molar-refractivity contribution in [1.29, 1.82) is 0 Å². The summed E-state index contributed by atoms with van der Waals surface area (Å²) in [5, 5.41) is 34.7. The van der Waals surface area contributed by atoms with Crippen LogP contribution in [0.5, 0.6) is 0 Å². The molecule has 10 nitrogen and oxygen atoms in total. The molecular weight excluding hydrogens is 576 g/mol. The Bertz CT molecular complexity index is 1140. The predicted octanol–water partition coefficient (Wildman–Crippen LogP) is 5.00. The minimum atomic E-state index is -1.41. The van der Waals surface area contributed by atoms with Crippen molar-refractivity contribution in [2.75, 3.05) is 0 Å². The average Bonchev–Trinajstić information content (AvgIpc) is 3.77. The first kappa shape index (κ1) is 36.7. The van der Waals surface area contributed by atoms with Crippen molar-refractivity contribution in [1.82, 2.24) is 10.3 Å². The fourth-order valence-electron chi connectivity index (χ4n) is 6.01. The van der Waals surface area contributed by atoms with E-state index in [1.807, 2.05) is 45.9 Å². The SMILES string of the molecule is CCC(O)C(C)C1OC1CC(C)/C=C/C=C(\C)C1OC(=O)CC(O)CCC(C)(O)C(OC(=O)NCc2cccnc2)CCC1C. The van der Waals surface area contributed by atoms with Crippen molar-refractivity contribution in [2.45, 2.75) is 135 Å². The number of aliphatic hydroxyl groups is 3. The maximum atomic E-state index is 12.8. The van der Waals surface area contributed by atoms with E-state index in [1.165, 1.54) is 0 Å². The lowest BCUT2D eigenvalue weighted by molar-refractivity contribution is -0.153. The number of rotatable bonds is 11. The number of ether oxygens (including phenoxy) is 3. The molecule has 0 aliphatic carbocycles. The fourth-order valence-corrected chi connectivity index (χ4v) is 6.01. The highest BCUT2D eigenvalue weighted by molar-refractivity contribution is 5.70. The molecule has 0 aromatic carbocycles. The first-order valence-corrected chi connectivity index (χ1v) is 16.4. The Morgan fingerprint density at radius 1 is 1.29 bits per heavy atom. The van der Waals surface area contributed by atoms with Gasteiger partial charge < -0.3 is 34.8 Å². The third-order valence-corrected chi connectivity index (χ3v) is 9.16. The molecule has 10 unspecified atom stereocenters. The van der Waals surface area contributed by atoms with Crippen LogP contribution in [0.25, 0.3) is 0 Å². The minimum Gasteiger partial charge on any atom is -0.457 e. The van der Waals surface area contributed by atoms with Crippen LogP contribution in [-0.2, 0) is 25.5 Å². The van der Waals surface area contributed by atoms with Gasteiger partial charge in [-0.15, -0.1) is 0 Å². The van der Waals surface area contributed by atoms with Crippen LogP contribution in [0.3, 0.4) is 0 Å². The largest absolute Gasteiger partial charge is 0.457 e. The standard InChI is InChI=1S/C35H54N2O8/c1-7-28(39)25(5)33-29(43-33)18-22(2)10-8-11-23(3)32-24(4)13-14-30(35(6,42)16-15-27(38)19-31(40)45-32)44-34(41)37-21-26-12-9-17-36-20-26/h8-12,17,20,22,24-25,27-30,32-33,38-39,42H,7,13-16,18-19,21H2,1-6H3,(H,37,41)/b10-8+,23-11+.